The van der Waals surface area contributed by atoms with Gasteiger partial charge in [0.15, 0.2) is 5.69 Å². The van der Waals surface area contributed by atoms with Crippen LogP contribution in [0.3, 0.4) is 0 Å². The molecular formula is C10H16N2O2. The van der Waals surface area contributed by atoms with E-state index in [1.54, 1.807) is 0 Å². The predicted molar refractivity (Wildman–Crippen MR) is 53.7 cm³/mol. The molecule has 4 nitrogen and oxygen atoms in total. The molecule has 1 aromatic heterocycles. The van der Waals surface area contributed by atoms with E-state index in [4.69, 9.17) is 5.11 Å². The lowest BCUT2D eigenvalue weighted by Crippen LogP contribution is -2.03. The highest BCUT2D eigenvalue weighted by Crippen LogP contribution is 2.20. The van der Waals surface area contributed by atoms with Crippen LogP contribution in [0.5, 0.6) is 0 Å². The number of carboxylic acids is 1. The van der Waals surface area contributed by atoms with E-state index in [2.05, 4.69) is 9.97 Å². The van der Waals surface area contributed by atoms with Crippen molar-refractivity contribution in [1.82, 2.24) is 9.97 Å². The van der Waals surface area contributed by atoms with Gasteiger partial charge in [-0.25, -0.2) is 9.78 Å². The van der Waals surface area contributed by atoms with Gasteiger partial charge in [-0.15, -0.1) is 0 Å². The monoisotopic (exact) mass is 196 g/mol. The second kappa shape index (κ2) is 3.82. The molecule has 0 saturated carbocycles. The summed E-state index contributed by atoms with van der Waals surface area (Å²) in [4.78, 5) is 18.0. The molecule has 0 radical (unpaired) electrons. The maximum Gasteiger partial charge on any atom is 0.356 e. The van der Waals surface area contributed by atoms with Crippen LogP contribution in [0.4, 0.5) is 0 Å². The molecule has 0 aliphatic heterocycles. The van der Waals surface area contributed by atoms with Crippen molar-refractivity contribution in [2.75, 3.05) is 0 Å². The quantitative estimate of drug-likeness (QED) is 0.779. The van der Waals surface area contributed by atoms with Crippen molar-refractivity contribution >= 4 is 5.97 Å². The fraction of sp³-hybridized carbons (Fsp3) is 0.600. The molecule has 78 valence electrons. The third-order valence-electron chi connectivity index (χ3n) is 2.08. The molecule has 0 atom stereocenters. The highest BCUT2D eigenvalue weighted by atomic mass is 16.4. The molecule has 0 spiro atoms. The number of aromatic amines is 1. The molecule has 0 aliphatic rings. The van der Waals surface area contributed by atoms with Crippen LogP contribution < -0.4 is 0 Å². The average molecular weight is 196 g/mol. The van der Waals surface area contributed by atoms with Crippen molar-refractivity contribution in [2.24, 2.45) is 0 Å². The largest absolute Gasteiger partial charge is 0.476 e. The zero-order chi connectivity index (χ0) is 10.9. The maximum atomic E-state index is 10.9. The molecule has 0 amide bonds. The van der Waals surface area contributed by atoms with E-state index in [1.165, 1.54) is 0 Å². The minimum Gasteiger partial charge on any atom is -0.476 e. The maximum absolute atomic E-state index is 10.9. The van der Waals surface area contributed by atoms with E-state index in [9.17, 15) is 4.79 Å². The van der Waals surface area contributed by atoms with E-state index < -0.39 is 5.97 Å². The van der Waals surface area contributed by atoms with Crippen LogP contribution >= 0.6 is 0 Å². The Morgan fingerprint density at radius 3 is 2.14 bits per heavy atom. The average Bonchev–Trinajstić information content (AvgIpc) is 2.47. The van der Waals surface area contributed by atoms with Gasteiger partial charge in [-0.3, -0.25) is 0 Å². The topological polar surface area (TPSA) is 66.0 Å². The Morgan fingerprint density at radius 2 is 1.86 bits per heavy atom. The number of rotatable bonds is 3. The Bertz CT molecular complexity index is 340. The molecule has 2 N–H and O–H groups in total. The number of carbonyl (C=O) groups is 1. The molecule has 0 saturated heterocycles. The molecule has 1 rings (SSSR count). The molecule has 0 bridgehead atoms. The fourth-order valence-corrected chi connectivity index (χ4v) is 1.26. The number of carboxylic acid groups (broad SMARTS) is 1. The second-order valence-electron chi connectivity index (χ2n) is 4.00. The fourth-order valence-electron chi connectivity index (χ4n) is 1.26. The zero-order valence-electron chi connectivity index (χ0n) is 8.96. The highest BCUT2D eigenvalue weighted by Gasteiger charge is 2.19. The summed E-state index contributed by atoms with van der Waals surface area (Å²) in [6.07, 6.45) is 0. The van der Waals surface area contributed by atoms with Gasteiger partial charge in [0.05, 0.1) is 5.69 Å². The summed E-state index contributed by atoms with van der Waals surface area (Å²) in [5.41, 5.74) is 0.866. The molecule has 0 aromatic carbocycles. The van der Waals surface area contributed by atoms with Crippen molar-refractivity contribution in [1.29, 1.82) is 0 Å². The Labute approximate surface area is 83.4 Å². The van der Waals surface area contributed by atoms with E-state index in [0.717, 1.165) is 5.82 Å². The molecular weight excluding hydrogens is 180 g/mol. The molecule has 14 heavy (non-hydrogen) atoms. The van der Waals surface area contributed by atoms with Gasteiger partial charge in [-0.1, -0.05) is 27.7 Å². The summed E-state index contributed by atoms with van der Waals surface area (Å²) in [6, 6.07) is 0. The lowest BCUT2D eigenvalue weighted by molar-refractivity contribution is 0.0689. The van der Waals surface area contributed by atoms with Crippen LogP contribution in [-0.4, -0.2) is 21.0 Å². The predicted octanol–water partition coefficient (Wildman–Crippen LogP) is 2.35. The number of imidazole rings is 1. The van der Waals surface area contributed by atoms with Crippen molar-refractivity contribution in [3.8, 4) is 0 Å². The lowest BCUT2D eigenvalue weighted by Gasteiger charge is -2.02. The normalized spacial score (nSPS) is 11.3. The number of hydrogen-bond acceptors (Lipinski definition) is 2. The third-order valence-corrected chi connectivity index (χ3v) is 2.08. The Kier molecular flexibility index (Phi) is 2.93. The summed E-state index contributed by atoms with van der Waals surface area (Å²) >= 11 is 0. The van der Waals surface area contributed by atoms with Gasteiger partial charge >= 0.3 is 5.97 Å². The van der Waals surface area contributed by atoms with Gasteiger partial charge in [-0.2, -0.15) is 0 Å². The second-order valence-corrected chi connectivity index (χ2v) is 4.00. The summed E-state index contributed by atoms with van der Waals surface area (Å²) in [7, 11) is 0. The summed E-state index contributed by atoms with van der Waals surface area (Å²) < 4.78 is 0. The minimum absolute atomic E-state index is 0.154. The van der Waals surface area contributed by atoms with Crippen LogP contribution in [0, 0.1) is 0 Å². The van der Waals surface area contributed by atoms with E-state index in [-0.39, 0.29) is 17.5 Å². The Hall–Kier alpha value is -1.32. The molecule has 0 unspecified atom stereocenters. The van der Waals surface area contributed by atoms with Crippen LogP contribution in [0.25, 0.3) is 0 Å². The first-order valence-electron chi connectivity index (χ1n) is 4.76. The van der Waals surface area contributed by atoms with E-state index in [1.807, 2.05) is 27.7 Å². The van der Waals surface area contributed by atoms with Gasteiger partial charge in [-0.05, 0) is 5.92 Å². The Morgan fingerprint density at radius 1 is 1.29 bits per heavy atom. The number of hydrogen-bond donors (Lipinski definition) is 2. The van der Waals surface area contributed by atoms with Crippen molar-refractivity contribution < 1.29 is 9.90 Å². The smallest absolute Gasteiger partial charge is 0.356 e. The zero-order valence-corrected chi connectivity index (χ0v) is 8.96. The number of aromatic nitrogens is 2. The minimum atomic E-state index is -0.961. The lowest BCUT2D eigenvalue weighted by atomic mass is 10.1. The number of nitrogens with one attached hydrogen (secondary N) is 1. The van der Waals surface area contributed by atoms with Gasteiger partial charge in [0.1, 0.15) is 5.82 Å². The summed E-state index contributed by atoms with van der Waals surface area (Å²) in [5, 5.41) is 8.93. The summed E-state index contributed by atoms with van der Waals surface area (Å²) in [6.45, 7) is 7.86. The van der Waals surface area contributed by atoms with Gasteiger partial charge in [0, 0.05) is 5.92 Å². The van der Waals surface area contributed by atoms with Gasteiger partial charge in [0.25, 0.3) is 0 Å². The van der Waals surface area contributed by atoms with Crippen molar-refractivity contribution in [2.45, 2.75) is 39.5 Å². The Balaban J connectivity index is 3.19. The van der Waals surface area contributed by atoms with Crippen molar-refractivity contribution in [3.05, 3.63) is 17.2 Å². The number of nitrogens with zero attached hydrogens (tertiary/aromatic N) is 1. The highest BCUT2D eigenvalue weighted by molar-refractivity contribution is 5.87. The van der Waals surface area contributed by atoms with Gasteiger partial charge < -0.3 is 10.1 Å². The molecule has 0 fully saturated rings. The van der Waals surface area contributed by atoms with Crippen LogP contribution in [0.1, 0.15) is 61.5 Å². The van der Waals surface area contributed by atoms with Crippen LogP contribution in [0.2, 0.25) is 0 Å². The first kappa shape index (κ1) is 10.8. The first-order chi connectivity index (χ1) is 6.43. The van der Waals surface area contributed by atoms with E-state index >= 15 is 0 Å². The molecule has 0 aliphatic carbocycles. The van der Waals surface area contributed by atoms with Crippen LogP contribution in [0.15, 0.2) is 0 Å². The third kappa shape index (κ3) is 1.95. The van der Waals surface area contributed by atoms with Crippen molar-refractivity contribution in [3.63, 3.8) is 0 Å². The molecule has 1 aromatic rings. The molecule has 4 heteroatoms. The van der Waals surface area contributed by atoms with Crippen LogP contribution in [-0.2, 0) is 0 Å². The number of aromatic carboxylic acids is 1. The van der Waals surface area contributed by atoms with Gasteiger partial charge in [0.2, 0.25) is 0 Å². The first-order valence-corrected chi connectivity index (χ1v) is 4.76. The number of H-pyrrole nitrogens is 1. The summed E-state index contributed by atoms with van der Waals surface area (Å²) in [5.74, 6) is 0.157. The SMILES string of the molecule is CC(C)c1nc(C(=O)O)c(C(C)C)[nH]1. The molecule has 1 heterocycles. The van der Waals surface area contributed by atoms with E-state index in [0.29, 0.717) is 5.69 Å². The standard InChI is InChI=1S/C10H16N2O2/c1-5(2)7-8(10(13)14)12-9(11-7)6(3)4/h5-6H,1-4H3,(H,11,12)(H,13,14).